The first-order chi connectivity index (χ1) is 16.9. The highest BCUT2D eigenvalue weighted by Gasteiger charge is 2.08. The number of carbonyl (C=O) groups is 1. The SMILES string of the molecule is C=CC(=O)Nc1cc(Nc2ncc3cccc(C#Cc4ccccc4OC(C)C)c3n2)ccc1C. The number of nitrogens with one attached hydrogen (secondary N) is 2. The first kappa shape index (κ1) is 23.5. The molecule has 35 heavy (non-hydrogen) atoms. The average Bonchev–Trinajstić information content (AvgIpc) is 2.85. The van der Waals surface area contributed by atoms with Crippen molar-refractivity contribution < 1.29 is 9.53 Å². The standard InChI is InChI=1S/C29H26N4O2/c1-5-27(34)32-25-17-24(16-13-20(25)4)31-29-30-18-23-11-8-10-22(28(23)33-29)15-14-21-9-6-7-12-26(21)35-19(2)3/h5-13,16-19H,1H2,2-4H3,(H,32,34)(H,30,31,33). The van der Waals surface area contributed by atoms with E-state index in [0.29, 0.717) is 11.6 Å². The van der Waals surface area contributed by atoms with E-state index in [1.807, 2.05) is 81.4 Å². The Kier molecular flexibility index (Phi) is 7.08. The van der Waals surface area contributed by atoms with Crippen molar-refractivity contribution in [3.05, 3.63) is 96.2 Å². The van der Waals surface area contributed by atoms with E-state index in [0.717, 1.165) is 39.0 Å². The smallest absolute Gasteiger partial charge is 0.247 e. The lowest BCUT2D eigenvalue weighted by Crippen LogP contribution is -2.09. The summed E-state index contributed by atoms with van der Waals surface area (Å²) in [6.07, 6.45) is 3.06. The molecule has 6 heteroatoms. The van der Waals surface area contributed by atoms with Gasteiger partial charge in [-0.25, -0.2) is 9.97 Å². The van der Waals surface area contributed by atoms with Crippen molar-refractivity contribution >= 4 is 34.1 Å². The highest BCUT2D eigenvalue weighted by Crippen LogP contribution is 2.24. The summed E-state index contributed by atoms with van der Waals surface area (Å²) < 4.78 is 5.89. The van der Waals surface area contributed by atoms with Crippen LogP contribution in [0.4, 0.5) is 17.3 Å². The molecule has 3 aromatic carbocycles. The van der Waals surface area contributed by atoms with Gasteiger partial charge < -0.3 is 15.4 Å². The zero-order valence-electron chi connectivity index (χ0n) is 19.9. The number of para-hydroxylation sites is 2. The first-order valence-electron chi connectivity index (χ1n) is 11.3. The molecule has 0 aliphatic rings. The third kappa shape index (κ3) is 5.84. The Labute approximate surface area is 205 Å². The molecule has 0 atom stereocenters. The van der Waals surface area contributed by atoms with E-state index in [9.17, 15) is 4.79 Å². The van der Waals surface area contributed by atoms with Gasteiger partial charge in [0.1, 0.15) is 5.75 Å². The van der Waals surface area contributed by atoms with E-state index in [-0.39, 0.29) is 12.0 Å². The topological polar surface area (TPSA) is 76.1 Å². The molecule has 0 bridgehead atoms. The zero-order chi connectivity index (χ0) is 24.8. The van der Waals surface area contributed by atoms with Crippen LogP contribution in [0, 0.1) is 18.8 Å². The molecule has 0 saturated carbocycles. The molecule has 4 aromatic rings. The maximum atomic E-state index is 11.7. The summed E-state index contributed by atoms with van der Waals surface area (Å²) >= 11 is 0. The third-order valence-corrected chi connectivity index (χ3v) is 5.13. The number of ether oxygens (including phenoxy) is 1. The predicted octanol–water partition coefficient (Wildman–Crippen LogP) is 5.99. The molecule has 0 spiro atoms. The molecule has 0 aliphatic carbocycles. The van der Waals surface area contributed by atoms with Gasteiger partial charge in [-0.2, -0.15) is 0 Å². The highest BCUT2D eigenvalue weighted by atomic mass is 16.5. The number of hydrogen-bond acceptors (Lipinski definition) is 5. The summed E-state index contributed by atoms with van der Waals surface area (Å²) in [5.41, 5.74) is 4.72. The maximum Gasteiger partial charge on any atom is 0.247 e. The van der Waals surface area contributed by atoms with Gasteiger partial charge in [0.2, 0.25) is 11.9 Å². The van der Waals surface area contributed by atoms with Gasteiger partial charge in [0.05, 0.1) is 22.7 Å². The average molecular weight is 463 g/mol. The number of fused-ring (bicyclic) bond motifs is 1. The van der Waals surface area contributed by atoms with Crippen LogP contribution in [-0.2, 0) is 4.79 Å². The number of amides is 1. The highest BCUT2D eigenvalue weighted by molar-refractivity contribution is 5.99. The molecule has 0 aliphatic heterocycles. The largest absolute Gasteiger partial charge is 0.490 e. The lowest BCUT2D eigenvalue weighted by atomic mass is 10.1. The summed E-state index contributed by atoms with van der Waals surface area (Å²) in [6.45, 7) is 9.40. The molecular formula is C29H26N4O2. The number of nitrogens with zero attached hydrogens (tertiary/aromatic N) is 2. The molecule has 174 valence electrons. The van der Waals surface area contributed by atoms with Crippen LogP contribution in [0.25, 0.3) is 10.9 Å². The number of aryl methyl sites for hydroxylation is 1. The molecule has 0 saturated heterocycles. The van der Waals surface area contributed by atoms with E-state index in [4.69, 9.17) is 9.72 Å². The van der Waals surface area contributed by atoms with Crippen molar-refractivity contribution in [2.24, 2.45) is 0 Å². The van der Waals surface area contributed by atoms with Gasteiger partial charge in [-0.3, -0.25) is 4.79 Å². The van der Waals surface area contributed by atoms with E-state index in [1.165, 1.54) is 6.08 Å². The quantitative estimate of drug-likeness (QED) is 0.272. The first-order valence-corrected chi connectivity index (χ1v) is 11.3. The minimum Gasteiger partial charge on any atom is -0.490 e. The molecule has 0 radical (unpaired) electrons. The van der Waals surface area contributed by atoms with Crippen molar-refractivity contribution in [2.45, 2.75) is 26.9 Å². The van der Waals surface area contributed by atoms with Crippen LogP contribution in [0.2, 0.25) is 0 Å². The molecule has 0 unspecified atom stereocenters. The molecule has 1 heterocycles. The monoisotopic (exact) mass is 462 g/mol. The van der Waals surface area contributed by atoms with Crippen LogP contribution in [-0.4, -0.2) is 22.0 Å². The molecule has 0 fully saturated rings. The molecular weight excluding hydrogens is 436 g/mol. The predicted molar refractivity (Wildman–Crippen MR) is 141 cm³/mol. The molecule has 6 nitrogen and oxygen atoms in total. The van der Waals surface area contributed by atoms with Crippen LogP contribution in [0.3, 0.4) is 0 Å². The minimum atomic E-state index is -0.268. The van der Waals surface area contributed by atoms with Gasteiger partial charge in [-0.15, -0.1) is 0 Å². The van der Waals surface area contributed by atoms with Crippen molar-refractivity contribution in [3.8, 4) is 17.6 Å². The summed E-state index contributed by atoms with van der Waals surface area (Å²) in [5, 5.41) is 6.91. The number of hydrogen-bond donors (Lipinski definition) is 2. The fraction of sp³-hybridized carbons (Fsp3) is 0.138. The van der Waals surface area contributed by atoms with Crippen LogP contribution >= 0.6 is 0 Å². The van der Waals surface area contributed by atoms with Crippen LogP contribution in [0.15, 0.2) is 79.5 Å². The maximum absolute atomic E-state index is 11.7. The van der Waals surface area contributed by atoms with Crippen LogP contribution in [0.1, 0.15) is 30.5 Å². The summed E-state index contributed by atoms with van der Waals surface area (Å²) in [4.78, 5) is 20.9. The van der Waals surface area contributed by atoms with E-state index in [2.05, 4.69) is 34.0 Å². The van der Waals surface area contributed by atoms with Crippen molar-refractivity contribution in [3.63, 3.8) is 0 Å². The summed E-state index contributed by atoms with van der Waals surface area (Å²) in [6, 6.07) is 19.2. The fourth-order valence-electron chi connectivity index (χ4n) is 3.43. The number of rotatable bonds is 6. The molecule has 1 amide bonds. The lowest BCUT2D eigenvalue weighted by Gasteiger charge is -2.11. The van der Waals surface area contributed by atoms with E-state index in [1.54, 1.807) is 6.20 Å². The van der Waals surface area contributed by atoms with Crippen molar-refractivity contribution in [1.29, 1.82) is 0 Å². The van der Waals surface area contributed by atoms with Gasteiger partial charge in [-0.1, -0.05) is 48.8 Å². The second-order valence-corrected chi connectivity index (χ2v) is 8.20. The van der Waals surface area contributed by atoms with Gasteiger partial charge in [0, 0.05) is 23.0 Å². The Morgan fingerprint density at radius 3 is 2.63 bits per heavy atom. The van der Waals surface area contributed by atoms with Crippen molar-refractivity contribution in [2.75, 3.05) is 10.6 Å². The fourth-order valence-corrected chi connectivity index (χ4v) is 3.43. The van der Waals surface area contributed by atoms with Crippen LogP contribution in [0.5, 0.6) is 5.75 Å². The number of carbonyl (C=O) groups excluding carboxylic acids is 1. The second kappa shape index (κ2) is 10.5. The molecule has 4 rings (SSSR count). The lowest BCUT2D eigenvalue weighted by molar-refractivity contribution is -0.111. The van der Waals surface area contributed by atoms with E-state index < -0.39 is 0 Å². The normalized spacial score (nSPS) is 10.4. The number of anilines is 3. The number of benzene rings is 3. The van der Waals surface area contributed by atoms with Crippen LogP contribution < -0.4 is 15.4 Å². The van der Waals surface area contributed by atoms with Gasteiger partial charge in [-0.05, 0) is 62.7 Å². The van der Waals surface area contributed by atoms with Gasteiger partial charge in [0.25, 0.3) is 0 Å². The Balaban J connectivity index is 1.66. The zero-order valence-corrected chi connectivity index (χ0v) is 19.9. The second-order valence-electron chi connectivity index (χ2n) is 8.20. The Hall–Kier alpha value is -4.63. The third-order valence-electron chi connectivity index (χ3n) is 5.13. The summed E-state index contributed by atoms with van der Waals surface area (Å²) in [5.74, 6) is 7.40. The van der Waals surface area contributed by atoms with E-state index >= 15 is 0 Å². The van der Waals surface area contributed by atoms with Crippen molar-refractivity contribution in [1.82, 2.24) is 9.97 Å². The minimum absolute atomic E-state index is 0.0595. The Bertz CT molecular complexity index is 1460. The van der Waals surface area contributed by atoms with Gasteiger partial charge in [0.15, 0.2) is 0 Å². The Morgan fingerprint density at radius 1 is 1.06 bits per heavy atom. The van der Waals surface area contributed by atoms with Gasteiger partial charge >= 0.3 is 0 Å². The number of aromatic nitrogens is 2. The molecule has 1 aromatic heterocycles. The Morgan fingerprint density at radius 2 is 1.83 bits per heavy atom. The summed E-state index contributed by atoms with van der Waals surface area (Å²) in [7, 11) is 0. The molecule has 2 N–H and O–H groups in total.